The van der Waals surface area contributed by atoms with Gasteiger partial charge in [0.1, 0.15) is 17.1 Å². The SMILES string of the molecule is C[C@@H](NC(=O)c1c(N)nn2cccnc12)c1nc2cccc(C#Cc3ccccn3)c2c(=O)n1-c1ccccc1. The summed E-state index contributed by atoms with van der Waals surface area (Å²) in [5, 5.41) is 7.46. The number of para-hydroxylation sites is 1. The topological polar surface area (TPSA) is 133 Å². The maximum absolute atomic E-state index is 14.1. The maximum atomic E-state index is 14.1. The number of benzene rings is 2. The molecule has 4 aromatic heterocycles. The zero-order chi connectivity index (χ0) is 27.6. The van der Waals surface area contributed by atoms with E-state index in [4.69, 9.17) is 10.7 Å². The standard InChI is InChI=1S/C30H22N8O2/c1-19(34-29(39)25-26(31)36-37-18-8-17-33-28(25)37)27-35-23-13-7-9-20(14-15-21-10-5-6-16-32-21)24(23)30(40)38(27)22-11-3-2-4-12-22/h2-13,16-19H,1H3,(H2,31,36)(H,34,39)/t19-/m1/s1. The summed E-state index contributed by atoms with van der Waals surface area (Å²) in [6.45, 7) is 1.75. The van der Waals surface area contributed by atoms with Crippen molar-refractivity contribution < 1.29 is 4.79 Å². The van der Waals surface area contributed by atoms with E-state index in [1.807, 2.05) is 42.5 Å². The number of nitrogens with zero attached hydrogens (tertiary/aromatic N) is 6. The number of nitrogen functional groups attached to an aromatic ring is 1. The van der Waals surface area contributed by atoms with E-state index in [0.29, 0.717) is 39.3 Å². The molecule has 0 aliphatic rings. The molecular weight excluding hydrogens is 504 g/mol. The number of hydrogen-bond donors (Lipinski definition) is 2. The molecule has 0 radical (unpaired) electrons. The van der Waals surface area contributed by atoms with Gasteiger partial charge in [-0.25, -0.2) is 19.5 Å². The van der Waals surface area contributed by atoms with Gasteiger partial charge in [0.15, 0.2) is 11.5 Å². The molecule has 4 heterocycles. The van der Waals surface area contributed by atoms with Gasteiger partial charge >= 0.3 is 0 Å². The number of hydrogen-bond acceptors (Lipinski definition) is 7. The lowest BCUT2D eigenvalue weighted by molar-refractivity contribution is 0.0940. The van der Waals surface area contributed by atoms with E-state index < -0.39 is 11.9 Å². The molecule has 1 atom stereocenters. The molecule has 6 aromatic rings. The lowest BCUT2D eigenvalue weighted by Gasteiger charge is -2.20. The molecule has 194 valence electrons. The smallest absolute Gasteiger partial charge is 0.267 e. The van der Waals surface area contributed by atoms with Gasteiger partial charge in [-0.15, -0.1) is 5.10 Å². The summed E-state index contributed by atoms with van der Waals surface area (Å²) in [5.74, 6) is 6.01. The van der Waals surface area contributed by atoms with Gasteiger partial charge < -0.3 is 11.1 Å². The Balaban J connectivity index is 1.48. The summed E-state index contributed by atoms with van der Waals surface area (Å²) in [5.41, 5.74) is 8.39. The number of anilines is 1. The van der Waals surface area contributed by atoms with Crippen LogP contribution >= 0.6 is 0 Å². The highest BCUT2D eigenvalue weighted by atomic mass is 16.2. The van der Waals surface area contributed by atoms with Crippen molar-refractivity contribution in [1.29, 1.82) is 0 Å². The predicted molar refractivity (Wildman–Crippen MR) is 151 cm³/mol. The van der Waals surface area contributed by atoms with Crippen LogP contribution in [0.25, 0.3) is 22.2 Å². The normalized spacial score (nSPS) is 11.6. The lowest BCUT2D eigenvalue weighted by Crippen LogP contribution is -2.33. The van der Waals surface area contributed by atoms with E-state index in [1.165, 1.54) is 9.08 Å². The van der Waals surface area contributed by atoms with Crippen molar-refractivity contribution in [1.82, 2.24) is 34.4 Å². The van der Waals surface area contributed by atoms with Crippen LogP contribution in [0.4, 0.5) is 5.82 Å². The molecule has 3 N–H and O–H groups in total. The third-order valence-corrected chi connectivity index (χ3v) is 6.31. The summed E-state index contributed by atoms with van der Waals surface area (Å²) < 4.78 is 2.94. The maximum Gasteiger partial charge on any atom is 0.267 e. The molecule has 6 rings (SSSR count). The number of aromatic nitrogens is 6. The molecule has 2 aromatic carbocycles. The second-order valence-corrected chi connectivity index (χ2v) is 8.95. The summed E-state index contributed by atoms with van der Waals surface area (Å²) in [6.07, 6.45) is 4.88. The first-order valence-electron chi connectivity index (χ1n) is 12.4. The van der Waals surface area contributed by atoms with Crippen molar-refractivity contribution in [3.63, 3.8) is 0 Å². The molecule has 0 fully saturated rings. The van der Waals surface area contributed by atoms with Crippen LogP contribution in [0.15, 0.2) is 96.2 Å². The summed E-state index contributed by atoms with van der Waals surface area (Å²) in [7, 11) is 0. The monoisotopic (exact) mass is 526 g/mol. The van der Waals surface area contributed by atoms with E-state index in [2.05, 4.69) is 32.2 Å². The van der Waals surface area contributed by atoms with E-state index in [0.717, 1.165) is 0 Å². The van der Waals surface area contributed by atoms with Crippen molar-refractivity contribution in [2.45, 2.75) is 13.0 Å². The Morgan fingerprint density at radius 1 is 0.950 bits per heavy atom. The number of carbonyl (C=O) groups excluding carboxylic acids is 1. The zero-order valence-electron chi connectivity index (χ0n) is 21.3. The lowest BCUT2D eigenvalue weighted by atomic mass is 10.1. The Kier molecular flexibility index (Phi) is 6.22. The molecule has 0 saturated heterocycles. The highest BCUT2D eigenvalue weighted by Crippen LogP contribution is 2.22. The number of pyridine rings is 1. The minimum atomic E-state index is -0.689. The Bertz CT molecular complexity index is 2000. The molecule has 0 aliphatic carbocycles. The van der Waals surface area contributed by atoms with Gasteiger partial charge in [-0.1, -0.05) is 36.3 Å². The summed E-state index contributed by atoms with van der Waals surface area (Å²) >= 11 is 0. The Morgan fingerprint density at radius 3 is 2.55 bits per heavy atom. The summed E-state index contributed by atoms with van der Waals surface area (Å²) in [4.78, 5) is 40.8. The highest BCUT2D eigenvalue weighted by Gasteiger charge is 2.24. The number of nitrogens with two attached hydrogens (primary N) is 1. The Labute approximate surface area is 228 Å². The minimum absolute atomic E-state index is 0.0476. The number of amides is 1. The molecule has 0 spiro atoms. The zero-order valence-corrected chi connectivity index (χ0v) is 21.3. The number of nitrogens with one attached hydrogen (secondary N) is 1. The van der Waals surface area contributed by atoms with Crippen LogP contribution in [0.1, 0.15) is 40.4 Å². The van der Waals surface area contributed by atoms with Gasteiger partial charge in [0, 0.05) is 24.2 Å². The molecular formula is C30H22N8O2. The molecule has 10 heteroatoms. The molecule has 10 nitrogen and oxygen atoms in total. The quantitative estimate of drug-likeness (QED) is 0.337. The third-order valence-electron chi connectivity index (χ3n) is 6.31. The number of fused-ring (bicyclic) bond motifs is 2. The van der Waals surface area contributed by atoms with Crippen LogP contribution in [0.5, 0.6) is 0 Å². The average Bonchev–Trinajstić information content (AvgIpc) is 3.32. The van der Waals surface area contributed by atoms with Gasteiger partial charge in [0.05, 0.1) is 22.6 Å². The van der Waals surface area contributed by atoms with E-state index in [1.54, 1.807) is 55.8 Å². The Morgan fingerprint density at radius 2 is 1.75 bits per heavy atom. The average molecular weight is 527 g/mol. The molecule has 40 heavy (non-hydrogen) atoms. The van der Waals surface area contributed by atoms with Crippen molar-refractivity contribution in [3.8, 4) is 17.5 Å². The molecule has 0 saturated carbocycles. The fourth-order valence-corrected chi connectivity index (χ4v) is 4.49. The van der Waals surface area contributed by atoms with Gasteiger partial charge in [-0.05, 0) is 55.3 Å². The Hall–Kier alpha value is -5.82. The van der Waals surface area contributed by atoms with Gasteiger partial charge in [0.2, 0.25) is 0 Å². The molecule has 1 amide bonds. The fraction of sp³-hybridized carbons (Fsp3) is 0.0667. The first-order valence-corrected chi connectivity index (χ1v) is 12.4. The first kappa shape index (κ1) is 24.5. The van der Waals surface area contributed by atoms with Crippen LogP contribution < -0.4 is 16.6 Å². The number of carbonyl (C=O) groups is 1. The van der Waals surface area contributed by atoms with Crippen LogP contribution in [0.2, 0.25) is 0 Å². The van der Waals surface area contributed by atoms with Crippen molar-refractivity contribution in [3.05, 3.63) is 124 Å². The van der Waals surface area contributed by atoms with Crippen molar-refractivity contribution >= 4 is 28.3 Å². The van der Waals surface area contributed by atoms with E-state index in [9.17, 15) is 9.59 Å². The van der Waals surface area contributed by atoms with Crippen molar-refractivity contribution in [2.75, 3.05) is 5.73 Å². The molecule has 0 aliphatic heterocycles. The number of rotatable bonds is 4. The van der Waals surface area contributed by atoms with Gasteiger partial charge in [-0.3, -0.25) is 14.2 Å². The van der Waals surface area contributed by atoms with Gasteiger partial charge in [-0.2, -0.15) is 0 Å². The first-order chi connectivity index (χ1) is 19.5. The highest BCUT2D eigenvalue weighted by molar-refractivity contribution is 6.04. The van der Waals surface area contributed by atoms with Gasteiger partial charge in [0.25, 0.3) is 11.5 Å². The summed E-state index contributed by atoms with van der Waals surface area (Å²) in [6, 6.07) is 20.9. The van der Waals surface area contributed by atoms with Crippen LogP contribution in [-0.4, -0.2) is 35.0 Å². The second-order valence-electron chi connectivity index (χ2n) is 8.95. The second kappa shape index (κ2) is 10.2. The molecule has 0 unspecified atom stereocenters. The van der Waals surface area contributed by atoms with Crippen molar-refractivity contribution in [2.24, 2.45) is 0 Å². The van der Waals surface area contributed by atoms with Crippen LogP contribution in [0, 0.1) is 11.8 Å². The fourth-order valence-electron chi connectivity index (χ4n) is 4.49. The van der Waals surface area contributed by atoms with E-state index in [-0.39, 0.29) is 16.9 Å². The minimum Gasteiger partial charge on any atom is -0.381 e. The van der Waals surface area contributed by atoms with Crippen LogP contribution in [0.3, 0.4) is 0 Å². The largest absolute Gasteiger partial charge is 0.381 e. The third kappa shape index (κ3) is 4.41. The van der Waals surface area contributed by atoms with Crippen LogP contribution in [-0.2, 0) is 0 Å². The molecule has 0 bridgehead atoms. The predicted octanol–water partition coefficient (Wildman–Crippen LogP) is 3.30. The van der Waals surface area contributed by atoms with E-state index >= 15 is 0 Å².